The number of rotatable bonds is 2. The van der Waals surface area contributed by atoms with Gasteiger partial charge in [0.15, 0.2) is 0 Å². The molecule has 0 unspecified atom stereocenters. The first-order valence-corrected chi connectivity index (χ1v) is 5.32. The molecule has 1 heterocycles. The monoisotopic (exact) mass is 209 g/mol. The second-order valence-corrected chi connectivity index (χ2v) is 4.30. The van der Waals surface area contributed by atoms with Crippen LogP contribution in [0, 0.1) is 5.82 Å². The van der Waals surface area contributed by atoms with Crippen molar-refractivity contribution in [1.82, 2.24) is 5.32 Å². The third-order valence-electron chi connectivity index (χ3n) is 3.17. The van der Waals surface area contributed by atoms with E-state index in [1.54, 1.807) is 19.1 Å². The van der Waals surface area contributed by atoms with Crippen molar-refractivity contribution in [2.75, 3.05) is 6.54 Å². The predicted molar refractivity (Wildman–Crippen MR) is 57.0 cm³/mol. The standard InChI is InChI=1S/C12H16FNO/c1-12(15,11-3-2-8-14-11)9-4-6-10(13)7-5-9/h4-7,11,14-15H,2-3,8H2,1H3/t11-,12+/m0/s1. The average molecular weight is 209 g/mol. The first-order valence-electron chi connectivity index (χ1n) is 5.32. The Labute approximate surface area is 89.1 Å². The van der Waals surface area contributed by atoms with Gasteiger partial charge < -0.3 is 10.4 Å². The van der Waals surface area contributed by atoms with E-state index in [9.17, 15) is 9.50 Å². The molecule has 0 radical (unpaired) electrons. The van der Waals surface area contributed by atoms with E-state index < -0.39 is 5.60 Å². The van der Waals surface area contributed by atoms with E-state index in [-0.39, 0.29) is 11.9 Å². The van der Waals surface area contributed by atoms with Crippen LogP contribution in [-0.4, -0.2) is 17.7 Å². The Morgan fingerprint density at radius 1 is 1.40 bits per heavy atom. The molecule has 1 aromatic carbocycles. The van der Waals surface area contributed by atoms with Crippen molar-refractivity contribution in [3.05, 3.63) is 35.6 Å². The number of benzene rings is 1. The molecule has 0 spiro atoms. The molecule has 0 aliphatic carbocycles. The van der Waals surface area contributed by atoms with Crippen molar-refractivity contribution >= 4 is 0 Å². The molecule has 2 N–H and O–H groups in total. The maximum atomic E-state index is 12.8. The molecule has 2 rings (SSSR count). The van der Waals surface area contributed by atoms with E-state index >= 15 is 0 Å². The summed E-state index contributed by atoms with van der Waals surface area (Å²) in [6.07, 6.45) is 2.05. The quantitative estimate of drug-likeness (QED) is 0.778. The summed E-state index contributed by atoms with van der Waals surface area (Å²) in [7, 11) is 0. The highest BCUT2D eigenvalue weighted by atomic mass is 19.1. The van der Waals surface area contributed by atoms with Gasteiger partial charge in [0, 0.05) is 6.04 Å². The van der Waals surface area contributed by atoms with Crippen LogP contribution in [0.15, 0.2) is 24.3 Å². The van der Waals surface area contributed by atoms with Crippen LogP contribution >= 0.6 is 0 Å². The topological polar surface area (TPSA) is 32.3 Å². The van der Waals surface area contributed by atoms with Gasteiger partial charge >= 0.3 is 0 Å². The second kappa shape index (κ2) is 3.91. The normalized spacial score (nSPS) is 25.1. The summed E-state index contributed by atoms with van der Waals surface area (Å²) in [6.45, 7) is 2.73. The molecule has 82 valence electrons. The smallest absolute Gasteiger partial charge is 0.123 e. The van der Waals surface area contributed by atoms with Crippen LogP contribution in [0.3, 0.4) is 0 Å². The van der Waals surface area contributed by atoms with Gasteiger partial charge in [0.1, 0.15) is 11.4 Å². The van der Waals surface area contributed by atoms with Crippen molar-refractivity contribution in [3.8, 4) is 0 Å². The van der Waals surface area contributed by atoms with E-state index in [1.807, 2.05) is 0 Å². The van der Waals surface area contributed by atoms with E-state index in [2.05, 4.69) is 5.32 Å². The van der Waals surface area contributed by atoms with Gasteiger partial charge in [0.2, 0.25) is 0 Å². The fraction of sp³-hybridized carbons (Fsp3) is 0.500. The third kappa shape index (κ3) is 2.03. The van der Waals surface area contributed by atoms with Crippen LogP contribution in [0.4, 0.5) is 4.39 Å². The fourth-order valence-electron chi connectivity index (χ4n) is 2.15. The maximum Gasteiger partial charge on any atom is 0.123 e. The molecule has 2 nitrogen and oxygen atoms in total. The van der Waals surface area contributed by atoms with Crippen molar-refractivity contribution < 1.29 is 9.50 Å². The molecular formula is C12H16FNO. The maximum absolute atomic E-state index is 12.8. The summed E-state index contributed by atoms with van der Waals surface area (Å²) < 4.78 is 12.8. The molecule has 1 aromatic rings. The lowest BCUT2D eigenvalue weighted by atomic mass is 9.87. The molecule has 0 aromatic heterocycles. The fourth-order valence-corrected chi connectivity index (χ4v) is 2.15. The molecule has 15 heavy (non-hydrogen) atoms. The summed E-state index contributed by atoms with van der Waals surface area (Å²) >= 11 is 0. The molecule has 0 bridgehead atoms. The third-order valence-corrected chi connectivity index (χ3v) is 3.17. The Kier molecular flexibility index (Phi) is 2.76. The number of hydrogen-bond donors (Lipinski definition) is 2. The zero-order chi connectivity index (χ0) is 10.9. The molecule has 3 heteroatoms. The Bertz CT molecular complexity index is 328. The van der Waals surface area contributed by atoms with Crippen molar-refractivity contribution in [1.29, 1.82) is 0 Å². The summed E-state index contributed by atoms with van der Waals surface area (Å²) in [5.41, 5.74) is -0.146. The number of aliphatic hydroxyl groups is 1. The van der Waals surface area contributed by atoms with Crippen LogP contribution < -0.4 is 5.32 Å². The van der Waals surface area contributed by atoms with Crippen LogP contribution in [-0.2, 0) is 5.60 Å². The van der Waals surface area contributed by atoms with Gasteiger partial charge in [-0.1, -0.05) is 12.1 Å². The zero-order valence-electron chi connectivity index (χ0n) is 8.83. The van der Waals surface area contributed by atoms with E-state index in [0.717, 1.165) is 24.9 Å². The highest BCUT2D eigenvalue weighted by Crippen LogP contribution is 2.29. The van der Waals surface area contributed by atoms with Crippen LogP contribution in [0.2, 0.25) is 0 Å². The molecular weight excluding hydrogens is 193 g/mol. The highest BCUT2D eigenvalue weighted by Gasteiger charge is 2.35. The minimum atomic E-state index is -0.912. The summed E-state index contributed by atoms with van der Waals surface area (Å²) in [5, 5.41) is 13.7. The Balaban J connectivity index is 2.23. The van der Waals surface area contributed by atoms with Gasteiger partial charge in [-0.25, -0.2) is 4.39 Å². The molecule has 1 aliphatic heterocycles. The minimum absolute atomic E-state index is 0.0722. The van der Waals surface area contributed by atoms with E-state index in [4.69, 9.17) is 0 Å². The number of hydrogen-bond acceptors (Lipinski definition) is 2. The lowest BCUT2D eigenvalue weighted by molar-refractivity contribution is 0.0218. The Hall–Kier alpha value is -0.930. The average Bonchev–Trinajstić information content (AvgIpc) is 2.71. The minimum Gasteiger partial charge on any atom is -0.384 e. The number of nitrogens with one attached hydrogen (secondary N) is 1. The first-order chi connectivity index (χ1) is 7.10. The molecule has 0 amide bonds. The molecule has 1 saturated heterocycles. The highest BCUT2D eigenvalue weighted by molar-refractivity contribution is 5.24. The number of halogens is 1. The lowest BCUT2D eigenvalue weighted by Gasteiger charge is -2.30. The SMILES string of the molecule is C[C@@](O)(c1ccc(F)cc1)[C@@H]1CCCN1. The molecule has 1 fully saturated rings. The summed E-state index contributed by atoms with van der Waals surface area (Å²) in [4.78, 5) is 0. The van der Waals surface area contributed by atoms with Crippen LogP contribution in [0.5, 0.6) is 0 Å². The summed E-state index contributed by atoms with van der Waals surface area (Å²) in [5.74, 6) is -0.270. The molecule has 0 saturated carbocycles. The first kappa shape index (κ1) is 10.6. The molecule has 1 aliphatic rings. The zero-order valence-corrected chi connectivity index (χ0v) is 8.83. The summed E-state index contributed by atoms with van der Waals surface area (Å²) in [6, 6.07) is 6.14. The van der Waals surface area contributed by atoms with Gasteiger partial charge in [0.25, 0.3) is 0 Å². The van der Waals surface area contributed by atoms with Gasteiger partial charge in [-0.05, 0) is 44.0 Å². The van der Waals surface area contributed by atoms with Crippen molar-refractivity contribution in [2.45, 2.75) is 31.4 Å². The van der Waals surface area contributed by atoms with Gasteiger partial charge in [-0.2, -0.15) is 0 Å². The van der Waals surface area contributed by atoms with Gasteiger partial charge in [-0.15, -0.1) is 0 Å². The Morgan fingerprint density at radius 3 is 2.60 bits per heavy atom. The van der Waals surface area contributed by atoms with Crippen molar-refractivity contribution in [2.24, 2.45) is 0 Å². The predicted octanol–water partition coefficient (Wildman–Crippen LogP) is 1.79. The molecule has 2 atom stereocenters. The lowest BCUT2D eigenvalue weighted by Crippen LogP contribution is -2.42. The van der Waals surface area contributed by atoms with E-state index in [1.165, 1.54) is 12.1 Å². The largest absolute Gasteiger partial charge is 0.384 e. The van der Waals surface area contributed by atoms with Crippen LogP contribution in [0.1, 0.15) is 25.3 Å². The van der Waals surface area contributed by atoms with Gasteiger partial charge in [0.05, 0.1) is 0 Å². The van der Waals surface area contributed by atoms with Crippen LogP contribution in [0.25, 0.3) is 0 Å². The van der Waals surface area contributed by atoms with Crippen molar-refractivity contribution in [3.63, 3.8) is 0 Å². The van der Waals surface area contributed by atoms with Gasteiger partial charge in [-0.3, -0.25) is 0 Å². The van der Waals surface area contributed by atoms with E-state index in [0.29, 0.717) is 0 Å². The Morgan fingerprint density at radius 2 is 2.07 bits per heavy atom. The second-order valence-electron chi connectivity index (χ2n) is 4.30.